The Morgan fingerprint density at radius 2 is 2.09 bits per heavy atom. The molecular formula is C26H30N6O2. The van der Waals surface area contributed by atoms with Crippen molar-refractivity contribution in [2.75, 3.05) is 27.2 Å². The van der Waals surface area contributed by atoms with Gasteiger partial charge in [0, 0.05) is 49.2 Å². The highest BCUT2D eigenvalue weighted by Crippen LogP contribution is 2.26. The van der Waals surface area contributed by atoms with Crippen LogP contribution in [-0.4, -0.2) is 54.3 Å². The zero-order chi connectivity index (χ0) is 24.1. The molecule has 8 nitrogen and oxygen atoms in total. The molecule has 0 aliphatic carbocycles. The smallest absolute Gasteiger partial charge is 0.267 e. The van der Waals surface area contributed by atoms with Crippen molar-refractivity contribution in [3.8, 4) is 5.75 Å². The van der Waals surface area contributed by atoms with E-state index in [0.717, 1.165) is 52.5 Å². The van der Waals surface area contributed by atoms with Crippen molar-refractivity contribution in [1.29, 1.82) is 0 Å². The van der Waals surface area contributed by atoms with Gasteiger partial charge in [-0.2, -0.15) is 0 Å². The molecule has 4 rings (SSSR count). The molecule has 1 aromatic carbocycles. The quantitative estimate of drug-likeness (QED) is 0.529. The lowest BCUT2D eigenvalue weighted by Gasteiger charge is -2.09. The molecule has 8 heteroatoms. The summed E-state index contributed by atoms with van der Waals surface area (Å²) in [6.07, 6.45) is 6.64. The second kappa shape index (κ2) is 10.4. The molecule has 2 N–H and O–H groups in total. The number of methoxy groups -OCH3 is 1. The van der Waals surface area contributed by atoms with Crippen molar-refractivity contribution < 1.29 is 9.53 Å². The molecule has 34 heavy (non-hydrogen) atoms. The molecule has 0 fully saturated rings. The van der Waals surface area contributed by atoms with Gasteiger partial charge in [0.05, 0.1) is 24.2 Å². The molecule has 1 unspecified atom stereocenters. The van der Waals surface area contributed by atoms with Gasteiger partial charge in [0.25, 0.3) is 5.91 Å². The van der Waals surface area contributed by atoms with Gasteiger partial charge >= 0.3 is 0 Å². The van der Waals surface area contributed by atoms with Crippen LogP contribution in [0.25, 0.3) is 10.9 Å². The summed E-state index contributed by atoms with van der Waals surface area (Å²) in [4.78, 5) is 26.8. The molecule has 1 atom stereocenters. The summed E-state index contributed by atoms with van der Waals surface area (Å²) in [6.45, 7) is 3.41. The van der Waals surface area contributed by atoms with E-state index in [1.54, 1.807) is 13.3 Å². The largest absolute Gasteiger partial charge is 0.497 e. The minimum atomic E-state index is -0.0923. The monoisotopic (exact) mass is 458 g/mol. The molecule has 0 radical (unpaired) electrons. The van der Waals surface area contributed by atoms with Crippen LogP contribution in [0.5, 0.6) is 5.75 Å². The third-order valence-corrected chi connectivity index (χ3v) is 5.83. The van der Waals surface area contributed by atoms with Gasteiger partial charge in [-0.3, -0.25) is 9.78 Å². The van der Waals surface area contributed by atoms with Gasteiger partial charge in [-0.05, 0) is 49.9 Å². The van der Waals surface area contributed by atoms with Crippen molar-refractivity contribution in [3.63, 3.8) is 0 Å². The highest BCUT2D eigenvalue weighted by molar-refractivity contribution is 6.14. The molecule has 2 aromatic heterocycles. The van der Waals surface area contributed by atoms with Gasteiger partial charge in [0.2, 0.25) is 0 Å². The Labute approximate surface area is 199 Å². The summed E-state index contributed by atoms with van der Waals surface area (Å²) < 4.78 is 7.24. The number of pyridine rings is 1. The fourth-order valence-electron chi connectivity index (χ4n) is 3.86. The molecule has 0 saturated carbocycles. The number of aromatic nitrogens is 2. The highest BCUT2D eigenvalue weighted by atomic mass is 16.5. The minimum Gasteiger partial charge on any atom is -0.497 e. The average molecular weight is 459 g/mol. The van der Waals surface area contributed by atoms with E-state index >= 15 is 0 Å². The summed E-state index contributed by atoms with van der Waals surface area (Å²) in [5.41, 5.74) is 3.88. The Hall–Kier alpha value is -3.78. The Bertz CT molecular complexity index is 1290. The fraction of sp³-hybridized carbons (Fsp3) is 0.308. The molecule has 1 amide bonds. The molecule has 3 heterocycles. The number of nitrogens with one attached hydrogen (secondary N) is 2. The second-order valence-electron chi connectivity index (χ2n) is 8.28. The lowest BCUT2D eigenvalue weighted by atomic mass is 10.1. The average Bonchev–Trinajstić information content (AvgIpc) is 3.06. The SMILES string of the molecule is CNCCNC(=O)c1cc2cc(N=C3N=C(c4cc(OC)ccn4)C=CCC3C)ccc2n1C. The number of carbonyl (C=O) groups is 1. The van der Waals surface area contributed by atoms with E-state index in [2.05, 4.69) is 28.6 Å². The number of likely N-dealkylation sites (N-methyl/N-ethyl adjacent to an activating group) is 1. The predicted molar refractivity (Wildman–Crippen MR) is 137 cm³/mol. The fourth-order valence-corrected chi connectivity index (χ4v) is 3.86. The van der Waals surface area contributed by atoms with Crippen LogP contribution >= 0.6 is 0 Å². The predicted octanol–water partition coefficient (Wildman–Crippen LogP) is 3.65. The molecule has 1 aliphatic heterocycles. The molecule has 176 valence electrons. The number of rotatable bonds is 7. The van der Waals surface area contributed by atoms with Crippen molar-refractivity contribution in [3.05, 3.63) is 66.1 Å². The Balaban J connectivity index is 1.66. The normalized spacial score (nSPS) is 17.0. The number of allylic oxidation sites excluding steroid dienone is 2. The van der Waals surface area contributed by atoms with Crippen molar-refractivity contribution in [2.45, 2.75) is 13.3 Å². The number of aryl methyl sites for hydroxylation is 1. The lowest BCUT2D eigenvalue weighted by molar-refractivity contribution is 0.0946. The van der Waals surface area contributed by atoms with Crippen molar-refractivity contribution >= 4 is 34.0 Å². The summed E-state index contributed by atoms with van der Waals surface area (Å²) in [6, 6.07) is 11.5. The van der Waals surface area contributed by atoms with Gasteiger partial charge < -0.3 is 19.9 Å². The number of carbonyl (C=O) groups excluding carboxylic acids is 1. The Morgan fingerprint density at radius 3 is 2.88 bits per heavy atom. The van der Waals surface area contributed by atoms with E-state index in [1.807, 2.05) is 61.1 Å². The maximum Gasteiger partial charge on any atom is 0.267 e. The number of fused-ring (bicyclic) bond motifs is 1. The number of ether oxygens (including phenoxy) is 1. The third kappa shape index (κ3) is 5.07. The number of hydrogen-bond donors (Lipinski definition) is 2. The number of amidine groups is 1. The topological polar surface area (TPSA) is 92.9 Å². The standard InChI is InChI=1S/C26H30N6O2/c1-17-6-5-7-21(22-16-20(34-4)10-11-28-22)31-25(17)30-19-8-9-23-18(14-19)15-24(32(23)3)26(33)29-13-12-27-2/h5,7-11,14-17,27H,6,12-13H2,1-4H3,(H,29,33). The van der Waals surface area contributed by atoms with Crippen LogP contribution in [-0.2, 0) is 7.05 Å². The van der Waals surface area contributed by atoms with E-state index in [-0.39, 0.29) is 11.8 Å². The maximum absolute atomic E-state index is 12.6. The molecule has 0 saturated heterocycles. The van der Waals surface area contributed by atoms with E-state index in [0.29, 0.717) is 12.2 Å². The van der Waals surface area contributed by atoms with Gasteiger partial charge in [-0.15, -0.1) is 0 Å². The van der Waals surface area contributed by atoms with E-state index in [1.165, 1.54) is 0 Å². The van der Waals surface area contributed by atoms with Crippen LogP contribution in [0.3, 0.4) is 0 Å². The first kappa shape index (κ1) is 23.4. The molecule has 0 spiro atoms. The zero-order valence-corrected chi connectivity index (χ0v) is 20.0. The summed E-state index contributed by atoms with van der Waals surface area (Å²) >= 11 is 0. The summed E-state index contributed by atoms with van der Waals surface area (Å²) in [5.74, 6) is 1.53. The number of benzene rings is 1. The first-order chi connectivity index (χ1) is 16.5. The number of nitrogens with zero attached hydrogens (tertiary/aromatic N) is 4. The Kier molecular flexibility index (Phi) is 7.18. The van der Waals surface area contributed by atoms with Crippen molar-refractivity contribution in [2.24, 2.45) is 23.0 Å². The second-order valence-corrected chi connectivity index (χ2v) is 8.28. The molecule has 3 aromatic rings. The van der Waals surface area contributed by atoms with E-state index in [9.17, 15) is 4.79 Å². The Morgan fingerprint density at radius 1 is 1.24 bits per heavy atom. The minimum absolute atomic E-state index is 0.0923. The lowest BCUT2D eigenvalue weighted by Crippen LogP contribution is -2.31. The van der Waals surface area contributed by atoms with E-state index < -0.39 is 0 Å². The van der Waals surface area contributed by atoms with Gasteiger partial charge in [0.1, 0.15) is 17.3 Å². The first-order valence-electron chi connectivity index (χ1n) is 11.4. The summed E-state index contributed by atoms with van der Waals surface area (Å²) in [5, 5.41) is 6.92. The van der Waals surface area contributed by atoms with Gasteiger partial charge in [-0.1, -0.05) is 13.0 Å². The van der Waals surface area contributed by atoms with Gasteiger partial charge in [0.15, 0.2) is 0 Å². The molecule has 0 bridgehead atoms. The van der Waals surface area contributed by atoms with E-state index in [4.69, 9.17) is 14.7 Å². The highest BCUT2D eigenvalue weighted by Gasteiger charge is 2.17. The van der Waals surface area contributed by atoms with Crippen molar-refractivity contribution in [1.82, 2.24) is 20.2 Å². The van der Waals surface area contributed by atoms with Crippen LogP contribution in [0.1, 0.15) is 29.5 Å². The number of amides is 1. The van der Waals surface area contributed by atoms with Gasteiger partial charge in [-0.25, -0.2) is 9.98 Å². The first-order valence-corrected chi connectivity index (χ1v) is 11.4. The van der Waals surface area contributed by atoms with Crippen LogP contribution < -0.4 is 15.4 Å². The van der Waals surface area contributed by atoms with Crippen LogP contribution in [0.2, 0.25) is 0 Å². The summed E-state index contributed by atoms with van der Waals surface area (Å²) in [7, 11) is 5.39. The van der Waals surface area contributed by atoms with Crippen LogP contribution in [0.4, 0.5) is 5.69 Å². The molecule has 1 aliphatic rings. The number of hydrogen-bond acceptors (Lipinski definition) is 5. The number of aliphatic imine (C=N–C) groups is 2. The van der Waals surface area contributed by atoms with Crippen LogP contribution in [0.15, 0.2) is 64.7 Å². The molecular weight excluding hydrogens is 428 g/mol. The zero-order valence-electron chi connectivity index (χ0n) is 20.0. The van der Waals surface area contributed by atoms with Crippen LogP contribution in [0, 0.1) is 5.92 Å². The maximum atomic E-state index is 12.6. The third-order valence-electron chi connectivity index (χ3n) is 5.83.